The average molecular weight is 442 g/mol. The Bertz CT molecular complexity index is 1170. The molecule has 0 spiro atoms. The van der Waals surface area contributed by atoms with Gasteiger partial charge in [0, 0.05) is 23.6 Å². The van der Waals surface area contributed by atoms with Gasteiger partial charge in [-0.2, -0.15) is 5.10 Å². The van der Waals surface area contributed by atoms with E-state index in [0.717, 1.165) is 40.4 Å². The Morgan fingerprint density at radius 1 is 1.13 bits per heavy atom. The maximum atomic E-state index is 12.4. The summed E-state index contributed by atoms with van der Waals surface area (Å²) in [6.07, 6.45) is 0.850. The van der Waals surface area contributed by atoms with Crippen molar-refractivity contribution in [2.75, 3.05) is 7.11 Å². The summed E-state index contributed by atoms with van der Waals surface area (Å²) in [4.78, 5) is 0.235. The Morgan fingerprint density at radius 3 is 2.42 bits per heavy atom. The third-order valence-corrected chi connectivity index (χ3v) is 6.90. The van der Waals surface area contributed by atoms with Crippen molar-refractivity contribution in [2.45, 2.75) is 50.8 Å². The Hall–Kier alpha value is -2.68. The minimum Gasteiger partial charge on any atom is -0.497 e. The monoisotopic (exact) mass is 441 g/mol. The van der Waals surface area contributed by atoms with Gasteiger partial charge in [-0.05, 0) is 57.2 Å². The van der Waals surface area contributed by atoms with E-state index in [-0.39, 0.29) is 17.0 Å². The number of ether oxygens (including phenoxy) is 2. The smallest absolute Gasteiger partial charge is 0.240 e. The Morgan fingerprint density at radius 2 is 1.81 bits per heavy atom. The van der Waals surface area contributed by atoms with Gasteiger partial charge in [-0.3, -0.25) is 0 Å². The van der Waals surface area contributed by atoms with Gasteiger partial charge >= 0.3 is 0 Å². The first-order valence-corrected chi connectivity index (χ1v) is 11.8. The highest BCUT2D eigenvalue weighted by molar-refractivity contribution is 7.89. The van der Waals surface area contributed by atoms with Crippen LogP contribution in [0.25, 0.3) is 16.9 Å². The van der Waals surface area contributed by atoms with E-state index < -0.39 is 10.0 Å². The molecular formula is C23H27N3O4S. The fraction of sp³-hybridized carbons (Fsp3) is 0.348. The largest absolute Gasteiger partial charge is 0.497 e. The highest BCUT2D eigenvalue weighted by Gasteiger charge is 2.26. The molecule has 1 aliphatic rings. The lowest BCUT2D eigenvalue weighted by atomic mass is 10.0. The molecule has 4 rings (SSSR count). The number of sulfonamides is 1. The quantitative estimate of drug-likeness (QED) is 0.631. The SMILES string of the molecule is COc1ccc(-n2nc(-c3ccc(S(=O)(=O)NC(C)C)cc3)c3c2C[C@H](C)OC3)cc1. The normalized spacial score (nSPS) is 16.4. The lowest BCUT2D eigenvalue weighted by molar-refractivity contribution is 0.0401. The van der Waals surface area contributed by atoms with Crippen molar-refractivity contribution in [3.05, 3.63) is 59.8 Å². The van der Waals surface area contributed by atoms with Crippen LogP contribution in [0.2, 0.25) is 0 Å². The molecule has 7 nitrogen and oxygen atoms in total. The van der Waals surface area contributed by atoms with Crippen molar-refractivity contribution >= 4 is 10.0 Å². The maximum Gasteiger partial charge on any atom is 0.240 e. The van der Waals surface area contributed by atoms with Gasteiger partial charge < -0.3 is 9.47 Å². The molecule has 0 saturated heterocycles. The van der Waals surface area contributed by atoms with Crippen molar-refractivity contribution in [2.24, 2.45) is 0 Å². The van der Waals surface area contributed by atoms with E-state index >= 15 is 0 Å². The summed E-state index contributed by atoms with van der Waals surface area (Å²) >= 11 is 0. The number of benzene rings is 2. The first-order valence-electron chi connectivity index (χ1n) is 10.3. The molecule has 0 unspecified atom stereocenters. The van der Waals surface area contributed by atoms with Gasteiger partial charge in [0.15, 0.2) is 0 Å². The summed E-state index contributed by atoms with van der Waals surface area (Å²) < 4.78 is 40.6. The second-order valence-electron chi connectivity index (χ2n) is 8.01. The summed E-state index contributed by atoms with van der Waals surface area (Å²) in [6, 6.07) is 14.4. The first-order chi connectivity index (χ1) is 14.8. The topological polar surface area (TPSA) is 82.5 Å². The Kier molecular flexibility index (Phi) is 5.88. The number of rotatable bonds is 6. The molecule has 164 valence electrons. The van der Waals surface area contributed by atoms with Crippen LogP contribution in [0.4, 0.5) is 0 Å². The van der Waals surface area contributed by atoms with Gasteiger partial charge in [0.1, 0.15) is 5.75 Å². The highest BCUT2D eigenvalue weighted by atomic mass is 32.2. The van der Waals surface area contributed by atoms with Crippen LogP contribution >= 0.6 is 0 Å². The molecule has 2 aromatic carbocycles. The zero-order chi connectivity index (χ0) is 22.2. The van der Waals surface area contributed by atoms with E-state index in [9.17, 15) is 8.42 Å². The second kappa shape index (κ2) is 8.45. The minimum atomic E-state index is -3.54. The molecule has 0 amide bonds. The van der Waals surface area contributed by atoms with Crippen LogP contribution in [0.3, 0.4) is 0 Å². The predicted molar refractivity (Wildman–Crippen MR) is 119 cm³/mol. The van der Waals surface area contributed by atoms with E-state index in [2.05, 4.69) is 11.6 Å². The van der Waals surface area contributed by atoms with Gasteiger partial charge in [0.05, 0.1) is 41.8 Å². The van der Waals surface area contributed by atoms with Gasteiger partial charge in [0.25, 0.3) is 0 Å². The van der Waals surface area contributed by atoms with Gasteiger partial charge in [0.2, 0.25) is 10.0 Å². The molecule has 8 heteroatoms. The summed E-state index contributed by atoms with van der Waals surface area (Å²) in [5.41, 5.74) is 4.74. The summed E-state index contributed by atoms with van der Waals surface area (Å²) in [6.45, 7) is 6.11. The Balaban J connectivity index is 1.75. The molecule has 1 N–H and O–H groups in total. The zero-order valence-electron chi connectivity index (χ0n) is 18.1. The number of hydrogen-bond donors (Lipinski definition) is 1. The maximum absolute atomic E-state index is 12.4. The lowest BCUT2D eigenvalue weighted by Gasteiger charge is -2.21. The zero-order valence-corrected chi connectivity index (χ0v) is 18.9. The number of fused-ring (bicyclic) bond motifs is 1. The van der Waals surface area contributed by atoms with E-state index in [4.69, 9.17) is 14.6 Å². The molecule has 1 aliphatic heterocycles. The van der Waals surface area contributed by atoms with E-state index in [1.54, 1.807) is 45.2 Å². The molecule has 0 radical (unpaired) electrons. The van der Waals surface area contributed by atoms with Crippen molar-refractivity contribution in [3.8, 4) is 22.7 Å². The first kappa shape index (κ1) is 21.5. The average Bonchev–Trinajstić information content (AvgIpc) is 3.11. The molecule has 0 bridgehead atoms. The molecule has 2 heterocycles. The number of hydrogen-bond acceptors (Lipinski definition) is 5. The number of nitrogens with one attached hydrogen (secondary N) is 1. The summed E-state index contributed by atoms with van der Waals surface area (Å²) in [5, 5.41) is 4.89. The molecule has 1 aromatic heterocycles. The number of nitrogens with zero attached hydrogens (tertiary/aromatic N) is 2. The lowest BCUT2D eigenvalue weighted by Crippen LogP contribution is -2.30. The molecule has 0 aliphatic carbocycles. The minimum absolute atomic E-state index is 0.101. The van der Waals surface area contributed by atoms with Gasteiger partial charge in [-0.15, -0.1) is 0 Å². The van der Waals surface area contributed by atoms with Crippen LogP contribution in [-0.2, 0) is 27.8 Å². The van der Waals surface area contributed by atoms with Crippen LogP contribution in [0.1, 0.15) is 32.0 Å². The second-order valence-corrected chi connectivity index (χ2v) is 9.72. The molecule has 1 atom stereocenters. The highest BCUT2D eigenvalue weighted by Crippen LogP contribution is 2.33. The standard InChI is InChI=1S/C23H27N3O4S/c1-15(2)25-31(27,28)20-11-5-17(6-12-20)23-21-14-30-16(3)13-22(21)26(24-23)18-7-9-19(29-4)10-8-18/h5-12,15-16,25H,13-14H2,1-4H3/t16-/m0/s1. The predicted octanol–water partition coefficient (Wildman–Crippen LogP) is 3.70. The Labute approximate surface area is 183 Å². The van der Waals surface area contributed by atoms with E-state index in [0.29, 0.717) is 6.61 Å². The number of aromatic nitrogens is 2. The van der Waals surface area contributed by atoms with E-state index in [1.165, 1.54) is 0 Å². The third-order valence-electron chi connectivity index (χ3n) is 5.23. The molecule has 0 saturated carbocycles. The van der Waals surface area contributed by atoms with Gasteiger partial charge in [-0.1, -0.05) is 12.1 Å². The fourth-order valence-electron chi connectivity index (χ4n) is 3.74. The molecule has 3 aromatic rings. The van der Waals surface area contributed by atoms with Crippen LogP contribution in [0.15, 0.2) is 53.4 Å². The van der Waals surface area contributed by atoms with Crippen LogP contribution < -0.4 is 9.46 Å². The van der Waals surface area contributed by atoms with Gasteiger partial charge in [-0.25, -0.2) is 17.8 Å². The molecular weight excluding hydrogens is 414 g/mol. The van der Waals surface area contributed by atoms with E-state index in [1.807, 2.05) is 28.9 Å². The molecule has 31 heavy (non-hydrogen) atoms. The van der Waals surface area contributed by atoms with Crippen molar-refractivity contribution in [1.82, 2.24) is 14.5 Å². The van der Waals surface area contributed by atoms with Crippen LogP contribution in [0, 0.1) is 0 Å². The third kappa shape index (κ3) is 4.37. The van der Waals surface area contributed by atoms with Crippen LogP contribution in [0.5, 0.6) is 5.75 Å². The van der Waals surface area contributed by atoms with Crippen LogP contribution in [-0.4, -0.2) is 37.5 Å². The van der Waals surface area contributed by atoms with Crippen molar-refractivity contribution < 1.29 is 17.9 Å². The summed E-state index contributed by atoms with van der Waals surface area (Å²) in [7, 11) is -1.90. The molecule has 0 fully saturated rings. The summed E-state index contributed by atoms with van der Waals surface area (Å²) in [5.74, 6) is 0.786. The van der Waals surface area contributed by atoms with Crippen molar-refractivity contribution in [3.63, 3.8) is 0 Å². The van der Waals surface area contributed by atoms with Crippen molar-refractivity contribution in [1.29, 1.82) is 0 Å². The number of methoxy groups -OCH3 is 1. The fourth-order valence-corrected chi connectivity index (χ4v) is 4.99.